The second kappa shape index (κ2) is 5.70. The molecule has 1 atom stereocenters. The number of hydrogen-bond acceptors (Lipinski definition) is 7. The van der Waals surface area contributed by atoms with E-state index in [0.717, 1.165) is 0 Å². The zero-order valence-electron chi connectivity index (χ0n) is 11.6. The molecular formula is C11H21N7O. The number of hydrogen-bond donors (Lipinski definition) is 5. The first-order valence-corrected chi connectivity index (χ1v) is 5.91. The van der Waals surface area contributed by atoms with Gasteiger partial charge in [-0.3, -0.25) is 4.79 Å². The van der Waals surface area contributed by atoms with Gasteiger partial charge in [0.15, 0.2) is 0 Å². The second-order valence-electron chi connectivity index (χ2n) is 5.25. The van der Waals surface area contributed by atoms with Crippen LogP contribution < -0.4 is 27.6 Å². The Morgan fingerprint density at radius 1 is 1.32 bits per heavy atom. The van der Waals surface area contributed by atoms with Gasteiger partial charge in [-0.25, -0.2) is 5.84 Å². The zero-order valence-corrected chi connectivity index (χ0v) is 11.6. The molecule has 0 saturated heterocycles. The SMILES string of the molecule is CC(Nc1cc(NN)nc(N)n1)C(=O)NC(C)(C)C. The van der Waals surface area contributed by atoms with Gasteiger partial charge in [0.2, 0.25) is 11.9 Å². The van der Waals surface area contributed by atoms with E-state index in [-0.39, 0.29) is 17.4 Å². The maximum absolute atomic E-state index is 11.9. The smallest absolute Gasteiger partial charge is 0.242 e. The fourth-order valence-electron chi connectivity index (χ4n) is 1.38. The number of aromatic nitrogens is 2. The van der Waals surface area contributed by atoms with Gasteiger partial charge >= 0.3 is 0 Å². The van der Waals surface area contributed by atoms with E-state index in [1.807, 2.05) is 20.8 Å². The van der Waals surface area contributed by atoms with E-state index in [9.17, 15) is 4.79 Å². The predicted octanol–water partition coefficient (Wildman–Crippen LogP) is 0.0595. The number of carbonyl (C=O) groups excluding carboxylic acids is 1. The van der Waals surface area contributed by atoms with Gasteiger partial charge in [0.25, 0.3) is 0 Å². The Hall–Kier alpha value is -2.09. The van der Waals surface area contributed by atoms with Crippen molar-refractivity contribution in [2.75, 3.05) is 16.5 Å². The molecule has 0 aliphatic carbocycles. The molecule has 1 aromatic heterocycles. The molecule has 0 bridgehead atoms. The van der Waals surface area contributed by atoms with Crippen LogP contribution in [0.3, 0.4) is 0 Å². The number of amides is 1. The zero-order chi connectivity index (χ0) is 14.6. The van der Waals surface area contributed by atoms with Gasteiger partial charge in [-0.15, -0.1) is 0 Å². The number of nitrogens with one attached hydrogen (secondary N) is 3. The molecule has 0 aromatic carbocycles. The van der Waals surface area contributed by atoms with E-state index in [1.165, 1.54) is 0 Å². The Morgan fingerprint density at radius 3 is 2.42 bits per heavy atom. The van der Waals surface area contributed by atoms with Crippen LogP contribution in [0.15, 0.2) is 6.07 Å². The molecule has 1 amide bonds. The molecule has 8 nitrogen and oxygen atoms in total. The minimum absolute atomic E-state index is 0.0707. The molecule has 1 rings (SSSR count). The van der Waals surface area contributed by atoms with Crippen molar-refractivity contribution >= 4 is 23.5 Å². The van der Waals surface area contributed by atoms with Gasteiger partial charge in [-0.05, 0) is 27.7 Å². The van der Waals surface area contributed by atoms with Crippen LogP contribution in [-0.2, 0) is 4.79 Å². The van der Waals surface area contributed by atoms with Crippen LogP contribution in [0.5, 0.6) is 0 Å². The first-order valence-electron chi connectivity index (χ1n) is 5.91. The molecule has 1 aromatic rings. The maximum Gasteiger partial charge on any atom is 0.242 e. The lowest BCUT2D eigenvalue weighted by Gasteiger charge is -2.24. The summed E-state index contributed by atoms with van der Waals surface area (Å²) in [6, 6.07) is 1.11. The summed E-state index contributed by atoms with van der Waals surface area (Å²) in [7, 11) is 0. The minimum atomic E-state index is -0.459. The van der Waals surface area contributed by atoms with Crippen molar-refractivity contribution in [2.24, 2.45) is 5.84 Å². The van der Waals surface area contributed by atoms with Crippen molar-refractivity contribution < 1.29 is 4.79 Å². The van der Waals surface area contributed by atoms with Crippen molar-refractivity contribution in [3.05, 3.63) is 6.07 Å². The normalized spacial score (nSPS) is 12.7. The fourth-order valence-corrected chi connectivity index (χ4v) is 1.38. The largest absolute Gasteiger partial charge is 0.368 e. The summed E-state index contributed by atoms with van der Waals surface area (Å²) in [5.74, 6) is 6.00. The number of nitrogen functional groups attached to an aromatic ring is 2. The number of rotatable bonds is 4. The fraction of sp³-hybridized carbons (Fsp3) is 0.545. The van der Waals surface area contributed by atoms with Gasteiger partial charge in [0, 0.05) is 11.6 Å². The lowest BCUT2D eigenvalue weighted by atomic mass is 10.1. The van der Waals surface area contributed by atoms with E-state index in [4.69, 9.17) is 11.6 Å². The van der Waals surface area contributed by atoms with Crippen molar-refractivity contribution in [1.29, 1.82) is 0 Å². The van der Waals surface area contributed by atoms with E-state index in [1.54, 1.807) is 13.0 Å². The standard InChI is InChI=1S/C11H21N7O/c1-6(9(19)17-11(2,3)4)14-7-5-8(18-13)16-10(12)15-7/h5-6H,13H2,1-4H3,(H,17,19)(H4,12,14,15,16,18). The van der Waals surface area contributed by atoms with Crippen LogP contribution in [0.2, 0.25) is 0 Å². The number of nitrogens with zero attached hydrogens (tertiary/aromatic N) is 2. The van der Waals surface area contributed by atoms with Crippen molar-refractivity contribution in [3.63, 3.8) is 0 Å². The summed E-state index contributed by atoms with van der Waals surface area (Å²) in [5.41, 5.74) is 7.62. The molecule has 1 unspecified atom stereocenters. The molecule has 0 aliphatic rings. The van der Waals surface area contributed by atoms with Crippen LogP contribution in [0, 0.1) is 0 Å². The summed E-state index contributed by atoms with van der Waals surface area (Å²) in [4.78, 5) is 19.7. The van der Waals surface area contributed by atoms with E-state index < -0.39 is 6.04 Å². The van der Waals surface area contributed by atoms with Gasteiger partial charge in [-0.2, -0.15) is 9.97 Å². The first kappa shape index (κ1) is 15.0. The summed E-state index contributed by atoms with van der Waals surface area (Å²) in [6.45, 7) is 7.47. The topological polar surface area (TPSA) is 131 Å². The Balaban J connectivity index is 2.74. The monoisotopic (exact) mass is 267 g/mol. The number of nitrogens with two attached hydrogens (primary N) is 2. The van der Waals surface area contributed by atoms with Crippen molar-refractivity contribution in [1.82, 2.24) is 15.3 Å². The molecular weight excluding hydrogens is 246 g/mol. The first-order chi connectivity index (χ1) is 8.71. The minimum Gasteiger partial charge on any atom is -0.368 e. The summed E-state index contributed by atoms with van der Waals surface area (Å²) < 4.78 is 0. The highest BCUT2D eigenvalue weighted by Gasteiger charge is 2.19. The molecule has 106 valence electrons. The highest BCUT2D eigenvalue weighted by Crippen LogP contribution is 2.12. The second-order valence-corrected chi connectivity index (χ2v) is 5.25. The Kier molecular flexibility index (Phi) is 4.49. The van der Waals surface area contributed by atoms with Crippen LogP contribution in [0.1, 0.15) is 27.7 Å². The number of carbonyl (C=O) groups is 1. The average molecular weight is 267 g/mol. The summed E-state index contributed by atoms with van der Waals surface area (Å²) in [6.07, 6.45) is 0. The quantitative estimate of drug-likeness (QED) is 0.385. The number of anilines is 3. The van der Waals surface area contributed by atoms with E-state index in [0.29, 0.717) is 11.6 Å². The van der Waals surface area contributed by atoms with Gasteiger partial charge in [0.1, 0.15) is 17.7 Å². The molecule has 1 heterocycles. The van der Waals surface area contributed by atoms with E-state index >= 15 is 0 Å². The third kappa shape index (κ3) is 4.96. The predicted molar refractivity (Wildman–Crippen MR) is 75.2 cm³/mol. The van der Waals surface area contributed by atoms with E-state index in [2.05, 4.69) is 26.0 Å². The molecule has 0 spiro atoms. The van der Waals surface area contributed by atoms with Crippen molar-refractivity contribution in [2.45, 2.75) is 39.3 Å². The van der Waals surface area contributed by atoms with Gasteiger partial charge < -0.3 is 21.8 Å². The van der Waals surface area contributed by atoms with Gasteiger partial charge in [0.05, 0.1) is 0 Å². The summed E-state index contributed by atoms with van der Waals surface area (Å²) in [5, 5.41) is 5.81. The van der Waals surface area contributed by atoms with Crippen LogP contribution in [0.25, 0.3) is 0 Å². The summed E-state index contributed by atoms with van der Waals surface area (Å²) >= 11 is 0. The lowest BCUT2D eigenvalue weighted by molar-refractivity contribution is -0.122. The third-order valence-electron chi connectivity index (χ3n) is 2.15. The third-order valence-corrected chi connectivity index (χ3v) is 2.15. The van der Waals surface area contributed by atoms with Crippen LogP contribution >= 0.6 is 0 Å². The molecule has 8 heteroatoms. The molecule has 0 aliphatic heterocycles. The highest BCUT2D eigenvalue weighted by molar-refractivity contribution is 5.84. The Labute approximate surface area is 112 Å². The molecule has 0 saturated carbocycles. The molecule has 0 fully saturated rings. The highest BCUT2D eigenvalue weighted by atomic mass is 16.2. The van der Waals surface area contributed by atoms with Gasteiger partial charge in [-0.1, -0.05) is 0 Å². The van der Waals surface area contributed by atoms with Crippen molar-refractivity contribution in [3.8, 4) is 0 Å². The molecule has 0 radical (unpaired) electrons. The number of hydrazine groups is 1. The van der Waals surface area contributed by atoms with Crippen LogP contribution in [0.4, 0.5) is 17.6 Å². The molecule has 19 heavy (non-hydrogen) atoms. The average Bonchev–Trinajstić information content (AvgIpc) is 2.25. The lowest BCUT2D eigenvalue weighted by Crippen LogP contribution is -2.47. The Morgan fingerprint density at radius 2 is 1.89 bits per heavy atom. The van der Waals surface area contributed by atoms with Crippen LogP contribution in [-0.4, -0.2) is 27.5 Å². The molecule has 7 N–H and O–H groups in total. The Bertz CT molecular complexity index is 455. The maximum atomic E-state index is 11.9.